The first-order chi connectivity index (χ1) is 13.3. The van der Waals surface area contributed by atoms with E-state index in [9.17, 15) is 4.79 Å². The van der Waals surface area contributed by atoms with Crippen LogP contribution in [0.5, 0.6) is 5.75 Å². The van der Waals surface area contributed by atoms with Crippen LogP contribution >= 0.6 is 0 Å². The molecule has 0 aliphatic rings. The van der Waals surface area contributed by atoms with Crippen LogP contribution in [-0.4, -0.2) is 11.6 Å². The van der Waals surface area contributed by atoms with Crippen molar-refractivity contribution in [3.05, 3.63) is 82.7 Å². The lowest BCUT2D eigenvalue weighted by Gasteiger charge is -2.08. The van der Waals surface area contributed by atoms with E-state index in [-0.39, 0.29) is 5.43 Å². The van der Waals surface area contributed by atoms with Crippen LogP contribution in [0.3, 0.4) is 0 Å². The molecule has 134 valence electrons. The van der Waals surface area contributed by atoms with Gasteiger partial charge in [0.05, 0.1) is 29.5 Å². The van der Waals surface area contributed by atoms with Crippen molar-refractivity contribution in [2.75, 3.05) is 6.61 Å². The average molecular weight is 359 g/mol. The summed E-state index contributed by atoms with van der Waals surface area (Å²) in [6, 6.07) is 14.3. The van der Waals surface area contributed by atoms with Gasteiger partial charge < -0.3 is 13.6 Å². The van der Waals surface area contributed by atoms with Crippen molar-refractivity contribution in [1.82, 2.24) is 4.98 Å². The summed E-state index contributed by atoms with van der Waals surface area (Å²) < 4.78 is 16.9. The highest BCUT2D eigenvalue weighted by Crippen LogP contribution is 2.27. The molecule has 1 aromatic carbocycles. The molecule has 4 aromatic rings. The van der Waals surface area contributed by atoms with Crippen molar-refractivity contribution in [2.24, 2.45) is 0 Å². The van der Waals surface area contributed by atoms with Gasteiger partial charge >= 0.3 is 0 Å². The van der Waals surface area contributed by atoms with E-state index in [2.05, 4.69) is 4.98 Å². The van der Waals surface area contributed by atoms with Gasteiger partial charge in [-0.2, -0.15) is 0 Å². The number of pyridine rings is 1. The zero-order valence-electron chi connectivity index (χ0n) is 14.7. The van der Waals surface area contributed by atoms with E-state index in [4.69, 9.17) is 13.6 Å². The summed E-state index contributed by atoms with van der Waals surface area (Å²) in [6.45, 7) is 2.44. The molecule has 4 rings (SSSR count). The Labute approximate surface area is 155 Å². The SMILES string of the molecule is CCOc1ccc2c(=O)c(-c3ccccn3)c(C=Cc3ccco3)oc2c1. The van der Waals surface area contributed by atoms with E-state index in [1.54, 1.807) is 61.0 Å². The molecule has 0 aliphatic heterocycles. The van der Waals surface area contributed by atoms with Gasteiger partial charge in [-0.05, 0) is 55.5 Å². The van der Waals surface area contributed by atoms with Crippen LogP contribution in [0.1, 0.15) is 18.4 Å². The quantitative estimate of drug-likeness (QED) is 0.501. The number of benzene rings is 1. The molecule has 0 fully saturated rings. The highest BCUT2D eigenvalue weighted by Gasteiger charge is 2.16. The fourth-order valence-corrected chi connectivity index (χ4v) is 2.86. The molecule has 27 heavy (non-hydrogen) atoms. The Morgan fingerprint density at radius 1 is 1.11 bits per heavy atom. The lowest BCUT2D eigenvalue weighted by atomic mass is 10.1. The number of fused-ring (bicyclic) bond motifs is 1. The zero-order chi connectivity index (χ0) is 18.6. The molecule has 0 unspecified atom stereocenters. The first-order valence-electron chi connectivity index (χ1n) is 8.63. The normalized spacial score (nSPS) is 11.3. The molecule has 0 radical (unpaired) electrons. The number of aromatic nitrogens is 1. The van der Waals surface area contributed by atoms with Crippen LogP contribution in [0, 0.1) is 0 Å². The Morgan fingerprint density at radius 3 is 2.78 bits per heavy atom. The Bertz CT molecular complexity index is 1140. The molecule has 0 atom stereocenters. The minimum Gasteiger partial charge on any atom is -0.494 e. The first kappa shape index (κ1) is 16.8. The van der Waals surface area contributed by atoms with Crippen LogP contribution in [0.25, 0.3) is 34.4 Å². The number of rotatable bonds is 5. The topological polar surface area (TPSA) is 65.5 Å². The van der Waals surface area contributed by atoms with Gasteiger partial charge in [0, 0.05) is 12.3 Å². The maximum atomic E-state index is 13.2. The Balaban J connectivity index is 1.94. The van der Waals surface area contributed by atoms with Gasteiger partial charge in [0.25, 0.3) is 0 Å². The summed E-state index contributed by atoms with van der Waals surface area (Å²) in [6.07, 6.45) is 6.71. The number of nitrogens with zero attached hydrogens (tertiary/aromatic N) is 1. The van der Waals surface area contributed by atoms with E-state index in [0.29, 0.717) is 46.1 Å². The van der Waals surface area contributed by atoms with Gasteiger partial charge in [-0.15, -0.1) is 0 Å². The predicted octanol–water partition coefficient (Wildman–Crippen LogP) is 5.02. The number of hydrogen-bond acceptors (Lipinski definition) is 5. The van der Waals surface area contributed by atoms with Gasteiger partial charge in [-0.3, -0.25) is 9.78 Å². The predicted molar refractivity (Wildman–Crippen MR) is 105 cm³/mol. The van der Waals surface area contributed by atoms with Gasteiger partial charge in [0.15, 0.2) is 0 Å². The van der Waals surface area contributed by atoms with E-state index < -0.39 is 0 Å². The van der Waals surface area contributed by atoms with E-state index in [1.165, 1.54) is 0 Å². The molecule has 0 spiro atoms. The molecule has 0 bridgehead atoms. The smallest absolute Gasteiger partial charge is 0.202 e. The van der Waals surface area contributed by atoms with Gasteiger partial charge in [-0.1, -0.05) is 6.07 Å². The monoisotopic (exact) mass is 359 g/mol. The summed E-state index contributed by atoms with van der Waals surface area (Å²) in [5, 5.41) is 0.481. The molecular formula is C22H17NO4. The summed E-state index contributed by atoms with van der Waals surface area (Å²) >= 11 is 0. The lowest BCUT2D eigenvalue weighted by Crippen LogP contribution is -2.08. The van der Waals surface area contributed by atoms with Crippen LogP contribution in [0.15, 0.2) is 74.6 Å². The highest BCUT2D eigenvalue weighted by atomic mass is 16.5. The summed E-state index contributed by atoms with van der Waals surface area (Å²) in [5.41, 5.74) is 1.29. The van der Waals surface area contributed by atoms with Gasteiger partial charge in [-0.25, -0.2) is 0 Å². The van der Waals surface area contributed by atoms with Crippen LogP contribution in [0.2, 0.25) is 0 Å². The van der Waals surface area contributed by atoms with Crippen molar-refractivity contribution in [3.8, 4) is 17.0 Å². The second-order valence-corrected chi connectivity index (χ2v) is 5.83. The van der Waals surface area contributed by atoms with Crippen molar-refractivity contribution in [1.29, 1.82) is 0 Å². The van der Waals surface area contributed by atoms with Crippen LogP contribution in [0.4, 0.5) is 0 Å². The van der Waals surface area contributed by atoms with E-state index in [1.807, 2.05) is 19.1 Å². The van der Waals surface area contributed by atoms with E-state index >= 15 is 0 Å². The standard InChI is InChI=1S/C22H17NO4/c1-2-25-16-8-10-17-20(14-16)27-19(11-9-15-6-5-13-26-15)21(22(17)24)18-7-3-4-12-23-18/h3-14H,2H2,1H3. The Hall–Kier alpha value is -3.60. The lowest BCUT2D eigenvalue weighted by molar-refractivity contribution is 0.340. The molecule has 0 saturated carbocycles. The average Bonchev–Trinajstić information content (AvgIpc) is 3.21. The van der Waals surface area contributed by atoms with Crippen molar-refractivity contribution >= 4 is 23.1 Å². The molecular weight excluding hydrogens is 342 g/mol. The van der Waals surface area contributed by atoms with Crippen molar-refractivity contribution in [3.63, 3.8) is 0 Å². The molecule has 5 heteroatoms. The van der Waals surface area contributed by atoms with Crippen molar-refractivity contribution < 1.29 is 13.6 Å². The fourth-order valence-electron chi connectivity index (χ4n) is 2.86. The maximum Gasteiger partial charge on any atom is 0.202 e. The first-order valence-corrected chi connectivity index (χ1v) is 8.63. The highest BCUT2D eigenvalue weighted by molar-refractivity contribution is 5.86. The minimum absolute atomic E-state index is 0.142. The van der Waals surface area contributed by atoms with Crippen molar-refractivity contribution in [2.45, 2.75) is 6.92 Å². The van der Waals surface area contributed by atoms with Gasteiger partial charge in [0.2, 0.25) is 5.43 Å². The van der Waals surface area contributed by atoms with E-state index in [0.717, 1.165) is 0 Å². The van der Waals surface area contributed by atoms with Crippen LogP contribution in [-0.2, 0) is 0 Å². The third-order valence-electron chi connectivity index (χ3n) is 4.07. The fraction of sp³-hybridized carbons (Fsp3) is 0.0909. The summed E-state index contributed by atoms with van der Waals surface area (Å²) in [5.74, 6) is 1.73. The number of furan rings is 1. The molecule has 0 saturated heterocycles. The molecule has 5 nitrogen and oxygen atoms in total. The third-order valence-corrected chi connectivity index (χ3v) is 4.07. The molecule has 3 aromatic heterocycles. The third kappa shape index (κ3) is 3.40. The Morgan fingerprint density at radius 2 is 2.04 bits per heavy atom. The molecule has 0 amide bonds. The summed E-state index contributed by atoms with van der Waals surface area (Å²) in [4.78, 5) is 17.5. The second-order valence-electron chi connectivity index (χ2n) is 5.83. The Kier molecular flexibility index (Phi) is 4.58. The number of ether oxygens (including phenoxy) is 1. The minimum atomic E-state index is -0.142. The summed E-state index contributed by atoms with van der Waals surface area (Å²) in [7, 11) is 0. The van der Waals surface area contributed by atoms with Gasteiger partial charge in [0.1, 0.15) is 22.9 Å². The molecule has 0 aliphatic carbocycles. The molecule has 3 heterocycles. The maximum absolute atomic E-state index is 13.2. The largest absolute Gasteiger partial charge is 0.494 e. The number of hydrogen-bond donors (Lipinski definition) is 0. The molecule has 0 N–H and O–H groups in total. The second kappa shape index (κ2) is 7.33. The zero-order valence-corrected chi connectivity index (χ0v) is 14.7. The van der Waals surface area contributed by atoms with Crippen LogP contribution < -0.4 is 10.2 Å².